The van der Waals surface area contributed by atoms with E-state index in [0.29, 0.717) is 11.1 Å². The van der Waals surface area contributed by atoms with Crippen LogP contribution in [0.1, 0.15) is 34.2 Å². The summed E-state index contributed by atoms with van der Waals surface area (Å²) in [7, 11) is 1.50. The molecule has 0 aromatic carbocycles. The van der Waals surface area contributed by atoms with Gasteiger partial charge in [0.15, 0.2) is 11.3 Å². The minimum absolute atomic E-state index is 0.0179. The fraction of sp³-hybridized carbons (Fsp3) is 0.217. The summed E-state index contributed by atoms with van der Waals surface area (Å²) >= 11 is 6.37. The molecule has 4 rings (SSSR count). The number of hydrogen-bond acceptors (Lipinski definition) is 4. The van der Waals surface area contributed by atoms with Crippen molar-refractivity contribution >= 4 is 40.5 Å². The maximum atomic E-state index is 14.1. The van der Waals surface area contributed by atoms with Gasteiger partial charge in [0.1, 0.15) is 16.7 Å². The molecule has 6 nitrogen and oxygen atoms in total. The van der Waals surface area contributed by atoms with Crippen LogP contribution in [0.25, 0.3) is 16.8 Å². The van der Waals surface area contributed by atoms with Crippen LogP contribution in [0.5, 0.6) is 0 Å². The number of alkyl halides is 3. The topological polar surface area (TPSA) is 62.9 Å². The third kappa shape index (κ3) is 4.21. The molecule has 3 aromatic rings. The van der Waals surface area contributed by atoms with Crippen molar-refractivity contribution in [3.63, 3.8) is 0 Å². The van der Waals surface area contributed by atoms with Gasteiger partial charge in [-0.2, -0.15) is 13.2 Å². The molecular weight excluding hydrogens is 474 g/mol. The minimum atomic E-state index is -4.74. The van der Waals surface area contributed by atoms with Gasteiger partial charge in [0.25, 0.3) is 5.91 Å². The Kier molecular flexibility index (Phi) is 6.26. The van der Waals surface area contributed by atoms with Gasteiger partial charge in [-0.05, 0) is 36.3 Å². The summed E-state index contributed by atoms with van der Waals surface area (Å²) in [5.74, 6) is -1.21. The highest BCUT2D eigenvalue weighted by atomic mass is 35.5. The number of amides is 1. The zero-order valence-corrected chi connectivity index (χ0v) is 18.8. The van der Waals surface area contributed by atoms with Crippen LogP contribution >= 0.6 is 11.6 Å². The highest BCUT2D eigenvalue weighted by Crippen LogP contribution is 2.36. The van der Waals surface area contributed by atoms with Gasteiger partial charge in [0, 0.05) is 44.3 Å². The fourth-order valence-electron chi connectivity index (χ4n) is 3.73. The number of aliphatic imine (C=N–C) groups is 1. The third-order valence-electron chi connectivity index (χ3n) is 5.35. The average molecular weight is 492 g/mol. The first-order chi connectivity index (χ1) is 16.2. The summed E-state index contributed by atoms with van der Waals surface area (Å²) in [4.78, 5) is 26.3. The van der Waals surface area contributed by atoms with Gasteiger partial charge in [0.05, 0.1) is 5.56 Å². The lowest BCUT2D eigenvalue weighted by Gasteiger charge is -2.15. The molecule has 3 aromatic heterocycles. The number of imidazole rings is 1. The number of rotatable bonds is 4. The molecule has 0 N–H and O–H groups in total. The number of hydrogen-bond donors (Lipinski definition) is 0. The number of pyridine rings is 2. The molecule has 0 spiro atoms. The van der Waals surface area contributed by atoms with Crippen molar-refractivity contribution < 1.29 is 22.4 Å². The highest BCUT2D eigenvalue weighted by Gasteiger charge is 2.37. The van der Waals surface area contributed by atoms with E-state index in [1.165, 1.54) is 42.7 Å². The Hall–Kier alpha value is -3.53. The van der Waals surface area contributed by atoms with Crippen LogP contribution in [0.3, 0.4) is 0 Å². The quantitative estimate of drug-likeness (QED) is 0.373. The van der Waals surface area contributed by atoms with E-state index in [4.69, 9.17) is 11.6 Å². The first-order valence-corrected chi connectivity index (χ1v) is 10.5. The van der Waals surface area contributed by atoms with Gasteiger partial charge in [-0.15, -0.1) is 0 Å². The smallest absolute Gasteiger partial charge is 0.329 e. The van der Waals surface area contributed by atoms with Crippen molar-refractivity contribution in [1.82, 2.24) is 19.3 Å². The van der Waals surface area contributed by atoms with Crippen LogP contribution in [-0.4, -0.2) is 51.5 Å². The molecule has 0 fully saturated rings. The molecular formula is C23H18ClF4N5O. The molecule has 176 valence electrons. The summed E-state index contributed by atoms with van der Waals surface area (Å²) < 4.78 is 56.7. The molecule has 4 heterocycles. The Bertz CT molecular complexity index is 1370. The van der Waals surface area contributed by atoms with Crippen LogP contribution in [-0.2, 0) is 6.18 Å². The van der Waals surface area contributed by atoms with Crippen molar-refractivity contribution in [3.05, 3.63) is 76.2 Å². The van der Waals surface area contributed by atoms with Crippen LogP contribution < -0.4 is 0 Å². The van der Waals surface area contributed by atoms with Gasteiger partial charge < -0.3 is 4.90 Å². The van der Waals surface area contributed by atoms with Crippen molar-refractivity contribution in [1.29, 1.82) is 0 Å². The largest absolute Gasteiger partial charge is 0.420 e. The SMILES string of the molecule is C/C=C(\C=NC)c1cc(C(F)(F)F)c2nc(C(=O)N3CC=C(c4ncccc4F)C3)c(Cl)n2c1. The monoisotopic (exact) mass is 491 g/mol. The standard InChI is InChI=1S/C23H18ClF4N5O/c1-3-13(10-29-2)15-9-16(23(26,27)28)21-31-19(20(24)33(21)12-15)22(34)32-8-6-14(11-32)18-17(25)5-4-7-30-18/h3-7,9-10,12H,8,11H2,1-2H3/b13-3+,29-10?. The molecule has 0 atom stereocenters. The first-order valence-electron chi connectivity index (χ1n) is 10.1. The second-order valence-electron chi connectivity index (χ2n) is 7.47. The van der Waals surface area contributed by atoms with Crippen LogP contribution in [0.2, 0.25) is 5.15 Å². The molecule has 11 heteroatoms. The van der Waals surface area contributed by atoms with Crippen LogP contribution in [0, 0.1) is 5.82 Å². The third-order valence-corrected chi connectivity index (χ3v) is 5.71. The van der Waals surface area contributed by atoms with E-state index >= 15 is 0 Å². The number of fused-ring (bicyclic) bond motifs is 1. The lowest BCUT2D eigenvalue weighted by molar-refractivity contribution is -0.136. The summed E-state index contributed by atoms with van der Waals surface area (Å²) in [6.07, 6.45) is 2.74. The van der Waals surface area contributed by atoms with E-state index in [-0.39, 0.29) is 35.2 Å². The average Bonchev–Trinajstić information content (AvgIpc) is 3.41. The minimum Gasteiger partial charge on any atom is -0.329 e. The Labute approximate surface area is 196 Å². The van der Waals surface area contributed by atoms with E-state index in [1.807, 2.05) is 0 Å². The molecule has 0 saturated carbocycles. The highest BCUT2D eigenvalue weighted by molar-refractivity contribution is 6.33. The van der Waals surface area contributed by atoms with E-state index in [2.05, 4.69) is 15.0 Å². The summed E-state index contributed by atoms with van der Waals surface area (Å²) in [5, 5.41) is -0.256. The number of allylic oxidation sites excluding steroid dienone is 2. The number of aromatic nitrogens is 3. The second-order valence-corrected chi connectivity index (χ2v) is 7.82. The van der Waals surface area contributed by atoms with E-state index in [9.17, 15) is 22.4 Å². The molecule has 1 amide bonds. The number of halogens is 5. The predicted molar refractivity (Wildman–Crippen MR) is 121 cm³/mol. The molecule has 34 heavy (non-hydrogen) atoms. The van der Waals surface area contributed by atoms with E-state index < -0.39 is 29.1 Å². The maximum absolute atomic E-state index is 14.1. The van der Waals surface area contributed by atoms with Gasteiger partial charge in [-0.25, -0.2) is 9.37 Å². The molecule has 0 bridgehead atoms. The number of carbonyl (C=O) groups excluding carboxylic acids is 1. The predicted octanol–water partition coefficient (Wildman–Crippen LogP) is 5.18. The number of carbonyl (C=O) groups is 1. The summed E-state index contributed by atoms with van der Waals surface area (Å²) in [6, 6.07) is 3.65. The van der Waals surface area contributed by atoms with Gasteiger partial charge in [-0.3, -0.25) is 19.2 Å². The van der Waals surface area contributed by atoms with Gasteiger partial charge in [-0.1, -0.05) is 23.8 Å². The van der Waals surface area contributed by atoms with Crippen LogP contribution in [0.15, 0.2) is 47.7 Å². The normalized spacial score (nSPS) is 15.0. The molecule has 0 saturated heterocycles. The Morgan fingerprint density at radius 3 is 2.74 bits per heavy atom. The maximum Gasteiger partial charge on any atom is 0.420 e. The van der Waals surface area contributed by atoms with Crippen molar-refractivity contribution in [2.75, 3.05) is 20.1 Å². The molecule has 0 unspecified atom stereocenters. The lowest BCUT2D eigenvalue weighted by Crippen LogP contribution is -2.29. The second kappa shape index (κ2) is 9.02. The Balaban J connectivity index is 1.75. The van der Waals surface area contributed by atoms with Crippen LogP contribution in [0.4, 0.5) is 17.6 Å². The zero-order valence-electron chi connectivity index (χ0n) is 18.1. The molecule has 0 radical (unpaired) electrons. The number of nitrogens with zero attached hydrogens (tertiary/aromatic N) is 5. The Morgan fingerprint density at radius 2 is 2.09 bits per heavy atom. The summed E-state index contributed by atoms with van der Waals surface area (Å²) in [6.45, 7) is 1.80. The first kappa shape index (κ1) is 23.6. The molecule has 1 aliphatic rings. The zero-order chi connectivity index (χ0) is 24.6. The Morgan fingerprint density at radius 1 is 1.32 bits per heavy atom. The molecule has 1 aliphatic heterocycles. The van der Waals surface area contributed by atoms with Gasteiger partial charge >= 0.3 is 6.18 Å². The fourth-order valence-corrected chi connectivity index (χ4v) is 3.98. The van der Waals surface area contributed by atoms with Crippen molar-refractivity contribution in [3.8, 4) is 0 Å². The van der Waals surface area contributed by atoms with Gasteiger partial charge in [0.2, 0.25) is 0 Å². The van der Waals surface area contributed by atoms with E-state index in [0.717, 1.165) is 10.5 Å². The molecule has 0 aliphatic carbocycles. The van der Waals surface area contributed by atoms with Crippen molar-refractivity contribution in [2.45, 2.75) is 13.1 Å². The summed E-state index contributed by atoms with van der Waals surface area (Å²) in [5.41, 5.74) is -0.602. The van der Waals surface area contributed by atoms with Crippen molar-refractivity contribution in [2.24, 2.45) is 4.99 Å². The van der Waals surface area contributed by atoms with E-state index in [1.54, 1.807) is 19.1 Å². The lowest BCUT2D eigenvalue weighted by atomic mass is 10.1.